The van der Waals surface area contributed by atoms with Gasteiger partial charge in [-0.15, -0.1) is 0 Å². The van der Waals surface area contributed by atoms with E-state index >= 15 is 0 Å². The van der Waals surface area contributed by atoms with Gasteiger partial charge in [0.25, 0.3) is 0 Å². The molecule has 2 atom stereocenters. The lowest BCUT2D eigenvalue weighted by Crippen LogP contribution is -2.37. The monoisotopic (exact) mass is 311 g/mol. The predicted octanol–water partition coefficient (Wildman–Crippen LogP) is 2.29. The molecule has 0 spiro atoms. The fourth-order valence-corrected chi connectivity index (χ4v) is 4.42. The van der Waals surface area contributed by atoms with Crippen LogP contribution in [0.25, 0.3) is 0 Å². The van der Waals surface area contributed by atoms with Crippen molar-refractivity contribution in [3.63, 3.8) is 0 Å². The molecule has 1 saturated heterocycles. The maximum absolute atomic E-state index is 12.6. The van der Waals surface area contributed by atoms with Crippen LogP contribution in [-0.4, -0.2) is 36.4 Å². The number of hydrogen-bond acceptors (Lipinski definition) is 3. The van der Waals surface area contributed by atoms with E-state index in [-0.39, 0.29) is 11.4 Å². The number of aliphatic carboxylic acids is 1. The van der Waals surface area contributed by atoms with Gasteiger partial charge in [0.15, 0.2) is 0 Å². The molecule has 0 bridgehead atoms. The lowest BCUT2D eigenvalue weighted by atomic mass is 10.0. The zero-order valence-electron chi connectivity index (χ0n) is 12.5. The summed E-state index contributed by atoms with van der Waals surface area (Å²) in [6.45, 7) is 6.01. The molecule has 0 radical (unpaired) electrons. The van der Waals surface area contributed by atoms with Gasteiger partial charge in [0.1, 0.15) is 0 Å². The first-order valence-electron chi connectivity index (χ1n) is 7.09. The van der Waals surface area contributed by atoms with Gasteiger partial charge in [0.05, 0.1) is 10.8 Å². The van der Waals surface area contributed by atoms with Crippen molar-refractivity contribution in [2.75, 3.05) is 6.54 Å². The van der Waals surface area contributed by atoms with E-state index in [9.17, 15) is 13.2 Å². The lowest BCUT2D eigenvalue weighted by Gasteiger charge is -2.23. The molecule has 0 aromatic heterocycles. The van der Waals surface area contributed by atoms with E-state index in [0.717, 1.165) is 5.56 Å². The Hall–Kier alpha value is -1.40. The summed E-state index contributed by atoms with van der Waals surface area (Å²) in [6, 6.07) is 6.31. The van der Waals surface area contributed by atoms with E-state index in [1.165, 1.54) is 4.31 Å². The molecule has 0 aliphatic carbocycles. The molecule has 1 N–H and O–H groups in total. The van der Waals surface area contributed by atoms with Crippen molar-refractivity contribution in [3.05, 3.63) is 29.8 Å². The minimum Gasteiger partial charge on any atom is -0.481 e. The average Bonchev–Trinajstić information content (AvgIpc) is 2.81. The average molecular weight is 311 g/mol. The highest BCUT2D eigenvalue weighted by molar-refractivity contribution is 7.89. The highest BCUT2D eigenvalue weighted by atomic mass is 32.2. The SMILES string of the molecule is CC(C)c1ccc(S(=O)(=O)N2CCC(C(=O)O)C2C)cc1. The number of benzene rings is 1. The second kappa shape index (κ2) is 5.77. The molecule has 1 aliphatic rings. The zero-order valence-corrected chi connectivity index (χ0v) is 13.3. The number of carbonyl (C=O) groups is 1. The largest absolute Gasteiger partial charge is 0.481 e. The van der Waals surface area contributed by atoms with Crippen LogP contribution in [0, 0.1) is 5.92 Å². The summed E-state index contributed by atoms with van der Waals surface area (Å²) in [6.07, 6.45) is 0.361. The Morgan fingerprint density at radius 1 is 1.29 bits per heavy atom. The van der Waals surface area contributed by atoms with Gasteiger partial charge >= 0.3 is 5.97 Å². The van der Waals surface area contributed by atoms with Crippen molar-refractivity contribution < 1.29 is 18.3 Å². The highest BCUT2D eigenvalue weighted by Gasteiger charge is 2.42. The smallest absolute Gasteiger partial charge is 0.308 e. The number of carboxylic acid groups (broad SMARTS) is 1. The molecule has 21 heavy (non-hydrogen) atoms. The van der Waals surface area contributed by atoms with Crippen LogP contribution in [0.5, 0.6) is 0 Å². The van der Waals surface area contributed by atoms with Crippen molar-refractivity contribution in [1.82, 2.24) is 4.31 Å². The minimum atomic E-state index is -3.63. The second-order valence-corrected chi connectivity index (χ2v) is 7.70. The minimum absolute atomic E-state index is 0.227. The van der Waals surface area contributed by atoms with Crippen LogP contribution < -0.4 is 0 Å². The van der Waals surface area contributed by atoms with Gasteiger partial charge in [0.2, 0.25) is 10.0 Å². The molecule has 6 heteroatoms. The van der Waals surface area contributed by atoms with Gasteiger partial charge < -0.3 is 5.11 Å². The third-order valence-electron chi connectivity index (χ3n) is 4.17. The van der Waals surface area contributed by atoms with Crippen molar-refractivity contribution in [2.45, 2.75) is 44.0 Å². The molecule has 1 aromatic carbocycles. The van der Waals surface area contributed by atoms with Crippen LogP contribution in [0.4, 0.5) is 0 Å². The summed E-state index contributed by atoms with van der Waals surface area (Å²) in [5.41, 5.74) is 1.08. The maximum Gasteiger partial charge on any atom is 0.308 e. The fraction of sp³-hybridized carbons (Fsp3) is 0.533. The summed E-state index contributed by atoms with van der Waals surface area (Å²) in [5, 5.41) is 9.11. The zero-order chi connectivity index (χ0) is 15.8. The molecule has 116 valence electrons. The Balaban J connectivity index is 2.28. The van der Waals surface area contributed by atoms with E-state index in [2.05, 4.69) is 0 Å². The molecule has 5 nitrogen and oxygen atoms in total. The number of sulfonamides is 1. The van der Waals surface area contributed by atoms with Gasteiger partial charge in [-0.25, -0.2) is 8.42 Å². The molecular weight excluding hydrogens is 290 g/mol. The topological polar surface area (TPSA) is 74.7 Å². The first kappa shape index (κ1) is 16.0. The highest BCUT2D eigenvalue weighted by Crippen LogP contribution is 2.30. The van der Waals surface area contributed by atoms with Crippen molar-refractivity contribution >= 4 is 16.0 Å². The Kier molecular flexibility index (Phi) is 4.39. The molecular formula is C15H21NO4S. The van der Waals surface area contributed by atoms with E-state index in [4.69, 9.17) is 5.11 Å². The Labute approximate surface area is 125 Å². The summed E-state index contributed by atoms with van der Waals surface area (Å²) in [4.78, 5) is 11.3. The third-order valence-corrected chi connectivity index (χ3v) is 6.17. The summed E-state index contributed by atoms with van der Waals surface area (Å²) in [5.74, 6) is -1.23. The van der Waals surface area contributed by atoms with E-state index in [1.807, 2.05) is 26.0 Å². The summed E-state index contributed by atoms with van der Waals surface area (Å²) < 4.78 is 26.6. The molecule has 0 amide bonds. The maximum atomic E-state index is 12.6. The summed E-state index contributed by atoms with van der Waals surface area (Å²) in [7, 11) is -3.63. The van der Waals surface area contributed by atoms with Gasteiger partial charge in [-0.2, -0.15) is 4.31 Å². The first-order valence-corrected chi connectivity index (χ1v) is 8.53. The molecule has 0 saturated carbocycles. The first-order chi connectivity index (χ1) is 9.75. The molecule has 1 fully saturated rings. The van der Waals surface area contributed by atoms with Gasteiger partial charge in [-0.3, -0.25) is 4.79 Å². The number of carboxylic acids is 1. The van der Waals surface area contributed by atoms with Gasteiger partial charge in [-0.1, -0.05) is 26.0 Å². The molecule has 1 aliphatic heterocycles. The Morgan fingerprint density at radius 3 is 2.29 bits per heavy atom. The van der Waals surface area contributed by atoms with Crippen molar-refractivity contribution in [2.24, 2.45) is 5.92 Å². The second-order valence-electron chi connectivity index (χ2n) is 5.81. The summed E-state index contributed by atoms with van der Waals surface area (Å²) >= 11 is 0. The van der Waals surface area contributed by atoms with E-state index in [1.54, 1.807) is 19.1 Å². The quantitative estimate of drug-likeness (QED) is 0.926. The van der Waals surface area contributed by atoms with Crippen LogP contribution in [0.3, 0.4) is 0 Å². The number of nitrogens with zero attached hydrogens (tertiary/aromatic N) is 1. The molecule has 2 rings (SSSR count). The molecule has 1 heterocycles. The van der Waals surface area contributed by atoms with Crippen molar-refractivity contribution in [3.8, 4) is 0 Å². The third kappa shape index (κ3) is 2.96. The van der Waals surface area contributed by atoms with Crippen molar-refractivity contribution in [1.29, 1.82) is 0 Å². The normalized spacial score (nSPS) is 23.6. The van der Waals surface area contributed by atoms with Crippen LogP contribution in [-0.2, 0) is 14.8 Å². The lowest BCUT2D eigenvalue weighted by molar-refractivity contribution is -0.142. The standard InChI is InChI=1S/C15H21NO4S/c1-10(2)12-4-6-13(7-5-12)21(19,20)16-9-8-14(11(16)3)15(17)18/h4-7,10-11,14H,8-9H2,1-3H3,(H,17,18). The Bertz CT molecular complexity index is 622. The Morgan fingerprint density at radius 2 is 1.86 bits per heavy atom. The number of rotatable bonds is 4. The van der Waals surface area contributed by atoms with Crippen LogP contribution in [0.15, 0.2) is 29.2 Å². The van der Waals surface area contributed by atoms with Gasteiger partial charge in [0, 0.05) is 12.6 Å². The van der Waals surface area contributed by atoms with E-state index in [0.29, 0.717) is 12.3 Å². The van der Waals surface area contributed by atoms with E-state index < -0.39 is 28.0 Å². The molecule has 1 aromatic rings. The molecule has 2 unspecified atom stereocenters. The number of hydrogen-bond donors (Lipinski definition) is 1. The van der Waals surface area contributed by atoms with Gasteiger partial charge in [-0.05, 0) is 37.0 Å². The predicted molar refractivity (Wildman–Crippen MR) is 79.6 cm³/mol. The van der Waals surface area contributed by atoms with Crippen LogP contribution in [0.2, 0.25) is 0 Å². The van der Waals surface area contributed by atoms with Crippen LogP contribution in [0.1, 0.15) is 38.7 Å². The van der Waals surface area contributed by atoms with Crippen LogP contribution >= 0.6 is 0 Å². The fourth-order valence-electron chi connectivity index (χ4n) is 2.74.